The van der Waals surface area contributed by atoms with Crippen LogP contribution < -0.4 is 0 Å². The molecule has 0 N–H and O–H groups in total. The van der Waals surface area contributed by atoms with Crippen LogP contribution in [0.4, 0.5) is 0 Å². The van der Waals surface area contributed by atoms with Crippen molar-refractivity contribution in [3.8, 4) is 0 Å². The molecule has 0 spiro atoms. The third kappa shape index (κ3) is 3.59. The highest BCUT2D eigenvalue weighted by atomic mass is 16.1. The van der Waals surface area contributed by atoms with Gasteiger partial charge in [-0.3, -0.25) is 0 Å². The van der Waals surface area contributed by atoms with Gasteiger partial charge in [0.2, 0.25) is 0 Å². The second-order valence-corrected chi connectivity index (χ2v) is 1.81. The number of hydrogen-bond donors (Lipinski definition) is 0. The van der Waals surface area contributed by atoms with Gasteiger partial charge in [-0.2, -0.15) is 0 Å². The quantitative estimate of drug-likeness (QED) is 0.401. The number of aldehydes is 1. The van der Waals surface area contributed by atoms with Crippen molar-refractivity contribution in [1.82, 2.24) is 0 Å². The van der Waals surface area contributed by atoms with E-state index in [1.54, 1.807) is 0 Å². The fourth-order valence-electron chi connectivity index (χ4n) is 0.440. The van der Waals surface area contributed by atoms with Gasteiger partial charge >= 0.3 is 0 Å². The minimum atomic E-state index is 0.632. The topological polar surface area (TPSA) is 17.1 Å². The summed E-state index contributed by atoms with van der Waals surface area (Å²) in [6.45, 7) is 5.80. The molecule has 0 aromatic heterocycles. The molecule has 8 heavy (non-hydrogen) atoms. The summed E-state index contributed by atoms with van der Waals surface area (Å²) < 4.78 is 0. The predicted molar refractivity (Wildman–Crippen MR) is 34.7 cm³/mol. The van der Waals surface area contributed by atoms with Gasteiger partial charge in [-0.05, 0) is 12.8 Å². The molecule has 0 aliphatic heterocycles. The van der Waals surface area contributed by atoms with Crippen LogP contribution in [0.2, 0.25) is 0 Å². The number of carbonyl (C=O) groups excluding carboxylic acids is 1. The van der Waals surface area contributed by atoms with Gasteiger partial charge in [-0.1, -0.05) is 19.1 Å². The summed E-state index contributed by atoms with van der Waals surface area (Å²) in [6.07, 6.45) is 3.42. The van der Waals surface area contributed by atoms with Crippen molar-refractivity contribution in [2.45, 2.75) is 26.2 Å². The molecule has 0 heterocycles. The second kappa shape index (κ2) is 4.57. The Morgan fingerprint density at radius 1 is 1.75 bits per heavy atom. The van der Waals surface area contributed by atoms with Gasteiger partial charge in [-0.25, -0.2) is 0 Å². The third-order valence-corrected chi connectivity index (χ3v) is 1.12. The van der Waals surface area contributed by atoms with E-state index in [1.807, 2.05) is 6.92 Å². The molecule has 0 amide bonds. The van der Waals surface area contributed by atoms with E-state index in [9.17, 15) is 4.79 Å². The monoisotopic (exact) mass is 112 g/mol. The minimum Gasteiger partial charge on any atom is -0.303 e. The van der Waals surface area contributed by atoms with Crippen LogP contribution in [0.25, 0.3) is 0 Å². The van der Waals surface area contributed by atoms with Gasteiger partial charge < -0.3 is 4.79 Å². The fraction of sp³-hybridized carbons (Fsp3) is 0.571. The van der Waals surface area contributed by atoms with E-state index in [0.717, 1.165) is 24.7 Å². The molecule has 0 aliphatic rings. The Bertz CT molecular complexity index is 84.4. The number of allylic oxidation sites excluding steroid dienone is 1. The Kier molecular flexibility index (Phi) is 4.23. The lowest BCUT2D eigenvalue weighted by molar-refractivity contribution is -0.107. The lowest BCUT2D eigenvalue weighted by atomic mass is 10.1. The van der Waals surface area contributed by atoms with Crippen molar-refractivity contribution in [2.75, 3.05) is 0 Å². The minimum absolute atomic E-state index is 0.632. The molecule has 0 aromatic carbocycles. The number of hydrogen-bond acceptors (Lipinski definition) is 1. The lowest BCUT2D eigenvalue weighted by Gasteiger charge is -1.93. The highest BCUT2D eigenvalue weighted by Crippen LogP contribution is 2.03. The lowest BCUT2D eigenvalue weighted by Crippen LogP contribution is -1.79. The maximum absolute atomic E-state index is 9.78. The summed E-state index contributed by atoms with van der Waals surface area (Å²) in [7, 11) is 0. The predicted octanol–water partition coefficient (Wildman–Crippen LogP) is 1.93. The molecule has 0 saturated carbocycles. The maximum Gasteiger partial charge on any atom is 0.120 e. The summed E-state index contributed by atoms with van der Waals surface area (Å²) in [5, 5.41) is 0. The van der Waals surface area contributed by atoms with Crippen molar-refractivity contribution in [1.29, 1.82) is 0 Å². The zero-order chi connectivity index (χ0) is 6.41. The highest BCUT2D eigenvalue weighted by Gasteiger charge is 1.86. The van der Waals surface area contributed by atoms with Gasteiger partial charge in [-0.15, -0.1) is 0 Å². The zero-order valence-electron chi connectivity index (χ0n) is 5.31. The van der Waals surface area contributed by atoms with Crippen molar-refractivity contribution < 1.29 is 4.79 Å². The Balaban J connectivity index is 3.11. The molecule has 0 bridgehead atoms. The van der Waals surface area contributed by atoms with Crippen LogP contribution >= 0.6 is 0 Å². The first-order valence-electron chi connectivity index (χ1n) is 2.91. The summed E-state index contributed by atoms with van der Waals surface area (Å²) in [4.78, 5) is 9.78. The van der Waals surface area contributed by atoms with Crippen molar-refractivity contribution in [2.24, 2.45) is 0 Å². The summed E-state index contributed by atoms with van der Waals surface area (Å²) in [5.41, 5.74) is 1.16. The normalized spacial score (nSPS) is 8.62. The molecule has 46 valence electrons. The van der Waals surface area contributed by atoms with Crippen LogP contribution in [-0.2, 0) is 4.79 Å². The molecule has 0 aliphatic carbocycles. The molecule has 1 nitrogen and oxygen atoms in total. The van der Waals surface area contributed by atoms with E-state index in [0.29, 0.717) is 6.42 Å². The Morgan fingerprint density at radius 3 is 2.75 bits per heavy atom. The van der Waals surface area contributed by atoms with Crippen molar-refractivity contribution in [3.63, 3.8) is 0 Å². The van der Waals surface area contributed by atoms with E-state index in [-0.39, 0.29) is 0 Å². The second-order valence-electron chi connectivity index (χ2n) is 1.81. The van der Waals surface area contributed by atoms with Crippen molar-refractivity contribution in [3.05, 3.63) is 12.2 Å². The first-order valence-corrected chi connectivity index (χ1v) is 2.91. The molecular weight excluding hydrogens is 100 g/mol. The molecule has 0 atom stereocenters. The molecule has 0 aromatic rings. The summed E-state index contributed by atoms with van der Waals surface area (Å²) in [5.74, 6) is 0. The van der Waals surface area contributed by atoms with Gasteiger partial charge in [0.1, 0.15) is 6.29 Å². The van der Waals surface area contributed by atoms with Crippen molar-refractivity contribution >= 4 is 6.29 Å². The standard InChI is InChI=1S/C7H12O/c1-3-7(2)5-4-6-8/h6H,2-5H2,1H3. The number of carbonyl (C=O) groups is 1. The smallest absolute Gasteiger partial charge is 0.120 e. The van der Waals surface area contributed by atoms with Crippen LogP contribution in [0.15, 0.2) is 12.2 Å². The number of rotatable bonds is 4. The molecule has 0 saturated heterocycles. The Morgan fingerprint density at radius 2 is 2.38 bits per heavy atom. The average molecular weight is 112 g/mol. The fourth-order valence-corrected chi connectivity index (χ4v) is 0.440. The first-order chi connectivity index (χ1) is 3.81. The van der Waals surface area contributed by atoms with Crippen LogP contribution in [0.5, 0.6) is 0 Å². The summed E-state index contributed by atoms with van der Waals surface area (Å²) >= 11 is 0. The van der Waals surface area contributed by atoms with Crippen LogP contribution in [0.1, 0.15) is 26.2 Å². The molecular formula is C7H12O. The highest BCUT2D eigenvalue weighted by molar-refractivity contribution is 5.49. The van der Waals surface area contributed by atoms with E-state index in [2.05, 4.69) is 6.58 Å². The Labute approximate surface area is 50.4 Å². The SMILES string of the molecule is C=C(CC)CCC=O. The zero-order valence-corrected chi connectivity index (χ0v) is 5.31. The van der Waals surface area contributed by atoms with Crippen LogP contribution in [0, 0.1) is 0 Å². The molecule has 0 unspecified atom stereocenters. The Hall–Kier alpha value is -0.590. The maximum atomic E-state index is 9.78. The molecule has 1 heteroatoms. The van der Waals surface area contributed by atoms with Gasteiger partial charge in [0, 0.05) is 6.42 Å². The molecule has 0 radical (unpaired) electrons. The average Bonchev–Trinajstić information content (AvgIpc) is 1.83. The van der Waals surface area contributed by atoms with Gasteiger partial charge in [0.15, 0.2) is 0 Å². The van der Waals surface area contributed by atoms with E-state index in [4.69, 9.17) is 0 Å². The largest absolute Gasteiger partial charge is 0.303 e. The summed E-state index contributed by atoms with van der Waals surface area (Å²) in [6, 6.07) is 0. The van der Waals surface area contributed by atoms with E-state index >= 15 is 0 Å². The van der Waals surface area contributed by atoms with E-state index < -0.39 is 0 Å². The first kappa shape index (κ1) is 7.41. The van der Waals surface area contributed by atoms with Gasteiger partial charge in [0.05, 0.1) is 0 Å². The molecule has 0 rings (SSSR count). The van der Waals surface area contributed by atoms with Crippen LogP contribution in [-0.4, -0.2) is 6.29 Å². The van der Waals surface area contributed by atoms with E-state index in [1.165, 1.54) is 0 Å². The van der Waals surface area contributed by atoms with Crippen LogP contribution in [0.3, 0.4) is 0 Å². The molecule has 0 fully saturated rings. The van der Waals surface area contributed by atoms with Gasteiger partial charge in [0.25, 0.3) is 0 Å². The third-order valence-electron chi connectivity index (χ3n) is 1.12.